The van der Waals surface area contributed by atoms with E-state index in [1.165, 1.54) is 0 Å². The van der Waals surface area contributed by atoms with E-state index in [2.05, 4.69) is 21.1 Å². The molecule has 1 aromatic heterocycles. The summed E-state index contributed by atoms with van der Waals surface area (Å²) in [5, 5.41) is 2.69. The van der Waals surface area contributed by atoms with Crippen LogP contribution in [0.15, 0.2) is 24.4 Å². The molecule has 19 heavy (non-hydrogen) atoms. The quantitative estimate of drug-likeness (QED) is 0.805. The predicted molar refractivity (Wildman–Crippen MR) is 73.3 cm³/mol. The highest BCUT2D eigenvalue weighted by molar-refractivity contribution is 5.74. The molecule has 2 heterocycles. The Bertz CT molecular complexity index is 446. The summed E-state index contributed by atoms with van der Waals surface area (Å²) in [4.78, 5) is 20.1. The lowest BCUT2D eigenvalue weighted by atomic mass is 10.3. The zero-order valence-corrected chi connectivity index (χ0v) is 10.9. The number of hydrogen-bond donors (Lipinski definition) is 1. The van der Waals surface area contributed by atoms with E-state index in [1.807, 2.05) is 18.2 Å². The van der Waals surface area contributed by atoms with E-state index in [1.54, 1.807) is 11.1 Å². The molecule has 0 atom stereocenters. The van der Waals surface area contributed by atoms with E-state index in [9.17, 15) is 4.79 Å². The maximum atomic E-state index is 11.7. The highest BCUT2D eigenvalue weighted by Gasteiger charge is 2.20. The van der Waals surface area contributed by atoms with Gasteiger partial charge in [0.1, 0.15) is 0 Å². The summed E-state index contributed by atoms with van der Waals surface area (Å²) in [5.41, 5.74) is 1.06. The first kappa shape index (κ1) is 13.4. The van der Waals surface area contributed by atoms with Crippen LogP contribution >= 0.6 is 0 Å². The fourth-order valence-corrected chi connectivity index (χ4v) is 2.07. The molecule has 1 N–H and O–H groups in total. The fraction of sp³-hybridized carbons (Fsp3) is 0.429. The third-order valence-electron chi connectivity index (χ3n) is 3.11. The third-order valence-corrected chi connectivity index (χ3v) is 3.11. The molecule has 1 aliphatic rings. The molecule has 1 aliphatic heterocycles. The normalized spacial score (nSPS) is 15.8. The van der Waals surface area contributed by atoms with Crippen LogP contribution in [0.3, 0.4) is 0 Å². The fourth-order valence-electron chi connectivity index (χ4n) is 2.07. The highest BCUT2D eigenvalue weighted by Crippen LogP contribution is 2.06. The van der Waals surface area contributed by atoms with Crippen molar-refractivity contribution in [3.63, 3.8) is 0 Å². The maximum absolute atomic E-state index is 11.7. The van der Waals surface area contributed by atoms with Gasteiger partial charge >= 0.3 is 6.03 Å². The summed E-state index contributed by atoms with van der Waals surface area (Å²) in [6, 6.07) is 5.85. The summed E-state index contributed by atoms with van der Waals surface area (Å²) in [5.74, 6) is 2.40. The van der Waals surface area contributed by atoms with Gasteiger partial charge in [-0.2, -0.15) is 0 Å². The summed E-state index contributed by atoms with van der Waals surface area (Å²) >= 11 is 0. The number of amides is 2. The predicted octanol–water partition coefficient (Wildman–Crippen LogP) is 0.542. The van der Waals surface area contributed by atoms with Crippen LogP contribution in [0.25, 0.3) is 0 Å². The second-order valence-corrected chi connectivity index (χ2v) is 4.45. The van der Waals surface area contributed by atoms with Crippen molar-refractivity contribution < 1.29 is 4.79 Å². The number of aromatic nitrogens is 1. The highest BCUT2D eigenvalue weighted by atomic mass is 16.2. The van der Waals surface area contributed by atoms with Crippen LogP contribution in [0.2, 0.25) is 0 Å². The van der Waals surface area contributed by atoms with Crippen molar-refractivity contribution in [3.05, 3.63) is 30.1 Å². The molecule has 0 aliphatic carbocycles. The number of nitrogens with one attached hydrogen (secondary N) is 1. The second-order valence-electron chi connectivity index (χ2n) is 4.45. The zero-order chi connectivity index (χ0) is 13.5. The lowest BCUT2D eigenvalue weighted by molar-refractivity contribution is 0.135. The monoisotopic (exact) mass is 258 g/mol. The van der Waals surface area contributed by atoms with E-state index >= 15 is 0 Å². The maximum Gasteiger partial charge on any atom is 0.318 e. The molecular formula is C14H18N4O. The first-order valence-electron chi connectivity index (χ1n) is 6.38. The summed E-state index contributed by atoms with van der Waals surface area (Å²) in [7, 11) is 0. The van der Waals surface area contributed by atoms with Crippen molar-refractivity contribution in [2.75, 3.05) is 32.7 Å². The zero-order valence-electron chi connectivity index (χ0n) is 10.9. The second kappa shape index (κ2) is 6.76. The van der Waals surface area contributed by atoms with Crippen LogP contribution in [0.5, 0.6) is 0 Å². The van der Waals surface area contributed by atoms with Crippen LogP contribution in [0.4, 0.5) is 4.79 Å². The summed E-state index contributed by atoms with van der Waals surface area (Å²) < 4.78 is 0. The van der Waals surface area contributed by atoms with Crippen molar-refractivity contribution in [2.45, 2.75) is 6.54 Å². The number of hydrogen-bond acceptors (Lipinski definition) is 3. The summed E-state index contributed by atoms with van der Waals surface area (Å²) in [6.45, 7) is 4.29. The number of terminal acetylenes is 1. The van der Waals surface area contributed by atoms with Crippen molar-refractivity contribution in [1.29, 1.82) is 0 Å². The minimum Gasteiger partial charge on any atom is -0.327 e. The number of rotatable bonds is 3. The molecule has 5 nitrogen and oxygen atoms in total. The molecule has 1 saturated heterocycles. The van der Waals surface area contributed by atoms with Crippen LogP contribution < -0.4 is 5.32 Å². The number of urea groups is 1. The van der Waals surface area contributed by atoms with E-state index in [0.717, 1.165) is 38.4 Å². The average molecular weight is 258 g/mol. The molecule has 5 heteroatoms. The van der Waals surface area contributed by atoms with Gasteiger partial charge in [-0.3, -0.25) is 9.88 Å². The van der Waals surface area contributed by atoms with Crippen LogP contribution in [-0.2, 0) is 6.54 Å². The third kappa shape index (κ3) is 3.97. The Morgan fingerprint density at radius 3 is 2.79 bits per heavy atom. The first-order valence-corrected chi connectivity index (χ1v) is 6.38. The molecule has 2 rings (SSSR count). The van der Waals surface area contributed by atoms with Crippen molar-refractivity contribution in [1.82, 2.24) is 20.1 Å². The molecule has 0 saturated carbocycles. The van der Waals surface area contributed by atoms with Crippen molar-refractivity contribution >= 4 is 6.03 Å². The Kier molecular flexibility index (Phi) is 4.76. The van der Waals surface area contributed by atoms with Gasteiger partial charge in [-0.15, -0.1) is 6.42 Å². The standard InChI is InChI=1S/C14H18N4O/c1-2-6-16-14(19)18-10-8-17(9-11-18)12-13-5-3-4-7-15-13/h1,3-5,7H,6,8-12H2,(H,16,19). The topological polar surface area (TPSA) is 48.5 Å². The van der Waals surface area contributed by atoms with Crippen LogP contribution in [0.1, 0.15) is 5.69 Å². The summed E-state index contributed by atoms with van der Waals surface area (Å²) in [6.07, 6.45) is 6.92. The molecule has 0 radical (unpaired) electrons. The largest absolute Gasteiger partial charge is 0.327 e. The molecule has 2 amide bonds. The van der Waals surface area contributed by atoms with Gasteiger partial charge in [0.05, 0.1) is 12.2 Å². The number of pyridine rings is 1. The SMILES string of the molecule is C#CCNC(=O)N1CCN(Cc2ccccn2)CC1. The first-order chi connectivity index (χ1) is 9.29. The average Bonchev–Trinajstić information content (AvgIpc) is 2.46. The molecule has 1 aromatic rings. The Hall–Kier alpha value is -2.06. The van der Waals surface area contributed by atoms with Gasteiger partial charge in [-0.05, 0) is 12.1 Å². The lowest BCUT2D eigenvalue weighted by Gasteiger charge is -2.34. The number of piperazine rings is 1. The number of nitrogens with zero attached hydrogens (tertiary/aromatic N) is 3. The van der Waals surface area contributed by atoms with Gasteiger partial charge in [0.2, 0.25) is 0 Å². The number of carbonyl (C=O) groups is 1. The minimum atomic E-state index is -0.0737. The van der Waals surface area contributed by atoms with Crippen molar-refractivity contribution in [3.8, 4) is 12.3 Å². The molecule has 1 fully saturated rings. The molecule has 100 valence electrons. The van der Waals surface area contributed by atoms with Crippen molar-refractivity contribution in [2.24, 2.45) is 0 Å². The smallest absolute Gasteiger partial charge is 0.318 e. The Balaban J connectivity index is 1.76. The molecule has 0 aromatic carbocycles. The van der Waals surface area contributed by atoms with Gasteiger partial charge in [0.25, 0.3) is 0 Å². The molecule has 0 spiro atoms. The number of carbonyl (C=O) groups excluding carboxylic acids is 1. The van der Waals surface area contributed by atoms with Gasteiger partial charge in [0.15, 0.2) is 0 Å². The Labute approximate surface area is 113 Å². The van der Waals surface area contributed by atoms with E-state index in [-0.39, 0.29) is 12.6 Å². The van der Waals surface area contributed by atoms with Gasteiger partial charge in [-0.1, -0.05) is 12.0 Å². The van der Waals surface area contributed by atoms with Gasteiger partial charge in [-0.25, -0.2) is 4.79 Å². The molecular weight excluding hydrogens is 240 g/mol. The van der Waals surface area contributed by atoms with Crippen LogP contribution in [-0.4, -0.2) is 53.5 Å². The Morgan fingerprint density at radius 1 is 1.37 bits per heavy atom. The molecule has 0 unspecified atom stereocenters. The van der Waals surface area contributed by atoms with Gasteiger partial charge < -0.3 is 10.2 Å². The van der Waals surface area contributed by atoms with Gasteiger partial charge in [0, 0.05) is 38.9 Å². The lowest BCUT2D eigenvalue weighted by Crippen LogP contribution is -2.51. The van der Waals surface area contributed by atoms with Crippen LogP contribution in [0, 0.1) is 12.3 Å². The molecule has 0 bridgehead atoms. The Morgan fingerprint density at radius 2 is 2.16 bits per heavy atom. The van der Waals surface area contributed by atoms with E-state index < -0.39 is 0 Å². The minimum absolute atomic E-state index is 0.0737. The van der Waals surface area contributed by atoms with E-state index in [0.29, 0.717) is 0 Å². The van der Waals surface area contributed by atoms with E-state index in [4.69, 9.17) is 6.42 Å².